The molecule has 1 unspecified atom stereocenters. The van der Waals surface area contributed by atoms with Crippen LogP contribution in [0, 0.1) is 0 Å². The number of likely N-dealkylation sites (N-methyl/N-ethyl adjacent to an activating group) is 1. The Balaban J connectivity index is 2.22. The number of thiocarbonyl (C=S) groups is 1. The van der Waals surface area contributed by atoms with Crippen LogP contribution >= 0.6 is 12.2 Å². The fourth-order valence-corrected chi connectivity index (χ4v) is 3.97. The van der Waals surface area contributed by atoms with Gasteiger partial charge in [0.05, 0.1) is 5.69 Å². The van der Waals surface area contributed by atoms with Crippen molar-refractivity contribution in [2.45, 2.75) is 23.8 Å². The summed E-state index contributed by atoms with van der Waals surface area (Å²) in [7, 11) is 0.432. The van der Waals surface area contributed by atoms with Gasteiger partial charge in [0, 0.05) is 25.3 Å². The van der Waals surface area contributed by atoms with Crippen LogP contribution in [0.15, 0.2) is 23.2 Å². The normalized spacial score (nSPS) is 20.6. The predicted octanol–water partition coefficient (Wildman–Crippen LogP) is 0.431. The van der Waals surface area contributed by atoms with Crippen molar-refractivity contribution in [1.29, 1.82) is 0 Å². The largest absolute Gasteiger partial charge is 0.388 e. The Morgan fingerprint density at radius 2 is 2.19 bits per heavy atom. The number of nitrogens with two attached hydrogens (primary N) is 1. The van der Waals surface area contributed by atoms with Crippen molar-refractivity contribution in [1.82, 2.24) is 14.2 Å². The monoisotopic (exact) mass is 328 g/mol. The van der Waals surface area contributed by atoms with Gasteiger partial charge in [-0.05, 0) is 39.1 Å². The summed E-state index contributed by atoms with van der Waals surface area (Å²) in [6.45, 7) is 1.05. The van der Waals surface area contributed by atoms with E-state index in [1.807, 2.05) is 14.1 Å². The van der Waals surface area contributed by atoms with E-state index in [1.54, 1.807) is 6.07 Å². The third-order valence-corrected chi connectivity index (χ3v) is 5.77. The number of hydrogen-bond acceptors (Lipinski definition) is 5. The van der Waals surface area contributed by atoms with Gasteiger partial charge in [-0.25, -0.2) is 8.42 Å². The molecule has 6 nitrogen and oxygen atoms in total. The first-order chi connectivity index (χ1) is 9.82. The van der Waals surface area contributed by atoms with Crippen molar-refractivity contribution in [3.8, 4) is 0 Å². The molecule has 8 heteroatoms. The fraction of sp³-hybridized carbons (Fsp3) is 0.538. The van der Waals surface area contributed by atoms with Crippen LogP contribution < -0.4 is 5.73 Å². The SMILES string of the molecule is CN(C)C1CCCN(S(=O)(=O)c2ccc(C(N)=S)nc2)C1. The van der Waals surface area contributed by atoms with Crippen molar-refractivity contribution >= 4 is 27.2 Å². The number of rotatable bonds is 4. The van der Waals surface area contributed by atoms with Gasteiger partial charge >= 0.3 is 0 Å². The lowest BCUT2D eigenvalue weighted by molar-refractivity contribution is 0.190. The summed E-state index contributed by atoms with van der Waals surface area (Å²) in [5.74, 6) is 0. The zero-order chi connectivity index (χ0) is 15.6. The zero-order valence-electron chi connectivity index (χ0n) is 12.2. The first kappa shape index (κ1) is 16.3. The molecule has 0 saturated carbocycles. The average Bonchev–Trinajstić information content (AvgIpc) is 2.47. The number of sulfonamides is 1. The highest BCUT2D eigenvalue weighted by atomic mass is 32.2. The third kappa shape index (κ3) is 3.57. The van der Waals surface area contributed by atoms with Gasteiger partial charge in [-0.3, -0.25) is 4.98 Å². The van der Waals surface area contributed by atoms with Crippen molar-refractivity contribution in [2.75, 3.05) is 27.2 Å². The lowest BCUT2D eigenvalue weighted by Crippen LogP contribution is -2.47. The highest BCUT2D eigenvalue weighted by Crippen LogP contribution is 2.21. The molecule has 0 aliphatic carbocycles. The molecule has 0 bridgehead atoms. The molecule has 1 aromatic heterocycles. The van der Waals surface area contributed by atoms with Gasteiger partial charge in [0.15, 0.2) is 0 Å². The van der Waals surface area contributed by atoms with E-state index in [0.29, 0.717) is 18.8 Å². The van der Waals surface area contributed by atoms with Crippen LogP contribution in [0.25, 0.3) is 0 Å². The predicted molar refractivity (Wildman–Crippen MR) is 85.6 cm³/mol. The van der Waals surface area contributed by atoms with Crippen LogP contribution in [-0.4, -0.2) is 60.8 Å². The van der Waals surface area contributed by atoms with E-state index in [2.05, 4.69) is 9.88 Å². The van der Waals surface area contributed by atoms with Crippen molar-refractivity contribution in [3.63, 3.8) is 0 Å². The minimum Gasteiger partial charge on any atom is -0.388 e. The zero-order valence-corrected chi connectivity index (χ0v) is 13.8. The molecule has 21 heavy (non-hydrogen) atoms. The number of nitrogens with zero attached hydrogens (tertiary/aromatic N) is 3. The lowest BCUT2D eigenvalue weighted by Gasteiger charge is -2.35. The smallest absolute Gasteiger partial charge is 0.244 e. The summed E-state index contributed by atoms with van der Waals surface area (Å²) in [6, 6.07) is 3.30. The first-order valence-corrected chi connectivity index (χ1v) is 8.59. The van der Waals surface area contributed by atoms with Gasteiger partial charge in [-0.2, -0.15) is 4.31 Å². The second-order valence-electron chi connectivity index (χ2n) is 5.37. The number of aromatic nitrogens is 1. The van der Waals surface area contributed by atoms with Crippen LogP contribution in [0.5, 0.6) is 0 Å². The standard InChI is InChI=1S/C13H20N4O2S2/c1-16(2)10-4-3-7-17(9-10)21(18,19)11-5-6-12(13(14)20)15-8-11/h5-6,8,10H,3-4,7,9H2,1-2H3,(H2,14,20). The molecule has 0 amide bonds. The second-order valence-corrected chi connectivity index (χ2v) is 7.74. The van der Waals surface area contributed by atoms with Gasteiger partial charge in [-0.1, -0.05) is 12.2 Å². The molecule has 0 spiro atoms. The molecule has 1 aliphatic rings. The highest BCUT2D eigenvalue weighted by molar-refractivity contribution is 7.89. The second kappa shape index (κ2) is 6.35. The Morgan fingerprint density at radius 3 is 2.71 bits per heavy atom. The van der Waals surface area contributed by atoms with Crippen LogP contribution in [0.2, 0.25) is 0 Å². The minimum atomic E-state index is -3.51. The molecule has 0 radical (unpaired) electrons. The Morgan fingerprint density at radius 1 is 1.48 bits per heavy atom. The molecule has 1 aromatic rings. The number of hydrogen-bond donors (Lipinski definition) is 1. The fourth-order valence-electron chi connectivity index (χ4n) is 2.39. The van der Waals surface area contributed by atoms with E-state index < -0.39 is 10.0 Å². The van der Waals surface area contributed by atoms with E-state index in [4.69, 9.17) is 18.0 Å². The molecule has 2 N–H and O–H groups in total. The molecule has 1 saturated heterocycles. The summed E-state index contributed by atoms with van der Waals surface area (Å²) in [5.41, 5.74) is 5.90. The van der Waals surface area contributed by atoms with Crippen LogP contribution in [0.1, 0.15) is 18.5 Å². The van der Waals surface area contributed by atoms with Crippen molar-refractivity contribution < 1.29 is 8.42 Å². The number of piperidine rings is 1. The maximum Gasteiger partial charge on any atom is 0.244 e. The van der Waals surface area contributed by atoms with Crippen molar-refractivity contribution in [3.05, 3.63) is 24.0 Å². The van der Waals surface area contributed by atoms with Gasteiger partial charge < -0.3 is 10.6 Å². The molecule has 116 valence electrons. The minimum absolute atomic E-state index is 0.157. The van der Waals surface area contributed by atoms with Crippen molar-refractivity contribution in [2.24, 2.45) is 5.73 Å². The highest BCUT2D eigenvalue weighted by Gasteiger charge is 2.31. The average molecular weight is 328 g/mol. The van der Waals surface area contributed by atoms with E-state index in [1.165, 1.54) is 16.6 Å². The Kier molecular flexibility index (Phi) is 4.92. The molecule has 0 aromatic carbocycles. The molecule has 1 fully saturated rings. The molecular weight excluding hydrogens is 308 g/mol. The molecule has 1 atom stereocenters. The molecule has 2 heterocycles. The Labute approximate surface area is 131 Å². The summed E-state index contributed by atoms with van der Waals surface area (Å²) < 4.78 is 26.8. The Hall–Kier alpha value is -1.09. The molecular formula is C13H20N4O2S2. The van der Waals surface area contributed by atoms with Crippen LogP contribution in [-0.2, 0) is 10.0 Å². The van der Waals surface area contributed by atoms with E-state index in [9.17, 15) is 8.42 Å². The number of pyridine rings is 1. The van der Waals surface area contributed by atoms with Gasteiger partial charge in [0.25, 0.3) is 0 Å². The summed E-state index contributed by atoms with van der Waals surface area (Å²) in [6.07, 6.45) is 3.20. The van der Waals surface area contributed by atoms with E-state index in [0.717, 1.165) is 12.8 Å². The van der Waals surface area contributed by atoms with E-state index >= 15 is 0 Å². The molecule has 2 rings (SSSR count). The quantitative estimate of drug-likeness (QED) is 0.808. The molecule has 1 aliphatic heterocycles. The summed E-state index contributed by atoms with van der Waals surface area (Å²) in [5, 5.41) is 0. The third-order valence-electron chi connectivity index (χ3n) is 3.72. The summed E-state index contributed by atoms with van der Waals surface area (Å²) in [4.78, 5) is 6.42. The Bertz CT molecular complexity index is 614. The van der Waals surface area contributed by atoms with Gasteiger partial charge in [0.2, 0.25) is 10.0 Å². The van der Waals surface area contributed by atoms with Gasteiger partial charge in [-0.15, -0.1) is 0 Å². The van der Waals surface area contributed by atoms with Crippen LogP contribution in [0.3, 0.4) is 0 Å². The maximum absolute atomic E-state index is 12.6. The first-order valence-electron chi connectivity index (χ1n) is 6.75. The van der Waals surface area contributed by atoms with Gasteiger partial charge in [0.1, 0.15) is 9.88 Å². The summed E-state index contributed by atoms with van der Waals surface area (Å²) >= 11 is 4.82. The lowest BCUT2D eigenvalue weighted by atomic mass is 10.1. The maximum atomic E-state index is 12.6. The topological polar surface area (TPSA) is 79.5 Å². The van der Waals surface area contributed by atoms with E-state index in [-0.39, 0.29) is 15.9 Å². The van der Waals surface area contributed by atoms with Crippen LogP contribution in [0.4, 0.5) is 0 Å².